The molecule has 7 aromatic rings. The number of carbonyl (C=O) groups excluding carboxylic acids is 1. The number of halogens is 1. The number of ketones is 1. The Morgan fingerprint density at radius 3 is 1.65 bits per heavy atom. The molecule has 12 nitrogen and oxygen atoms in total. The van der Waals surface area contributed by atoms with Gasteiger partial charge >= 0.3 is 5.97 Å². The Morgan fingerprint density at radius 1 is 0.655 bits per heavy atom. The molecule has 55 heavy (non-hydrogen) atoms. The Balaban J connectivity index is 0.000000179. The Kier molecular flexibility index (Phi) is 14.3. The van der Waals surface area contributed by atoms with Crippen molar-refractivity contribution >= 4 is 56.8 Å². The number of H-pyrrole nitrogens is 3. The molecule has 0 amide bonds. The van der Waals surface area contributed by atoms with Crippen molar-refractivity contribution in [1.29, 1.82) is 0 Å². The number of nitrogens with one attached hydrogen (secondary N) is 3. The molecule has 13 heteroatoms. The molecule has 4 N–H and O–H groups in total. The molecule has 0 radical (unpaired) electrons. The Labute approximate surface area is 326 Å². The van der Waals surface area contributed by atoms with E-state index in [0.29, 0.717) is 5.65 Å². The number of aromatic carboxylic acids is 1. The van der Waals surface area contributed by atoms with Crippen molar-refractivity contribution in [2.24, 2.45) is 0 Å². The smallest absolute Gasteiger partial charge is 0.337 e. The summed E-state index contributed by atoms with van der Waals surface area (Å²) in [7, 11) is 11.9. The van der Waals surface area contributed by atoms with Crippen molar-refractivity contribution in [2.75, 3.05) is 52.1 Å². The van der Waals surface area contributed by atoms with Crippen LogP contribution in [-0.4, -0.2) is 94.2 Å². The van der Waals surface area contributed by atoms with E-state index in [0.717, 1.165) is 60.9 Å². The molecule has 7 rings (SSSR count). The molecule has 0 saturated heterocycles. The van der Waals surface area contributed by atoms with Gasteiger partial charge in [-0.2, -0.15) is 5.10 Å². The standard InChI is InChI=1S/C18H17N5.C10H13NO.C8H6N2O2.C6H12ClN/c1-23(2)15-5-3-12(4-6-15)16-10-17(22-21-16)14-9-13-7-8-19-18(13)20-11-14;1-8(12)9-4-6-10(7-5-9)11(2)3;11-8(12)6-3-5-1-2-9-7(5)10-4-6;1-5(2)6(7)8(3)4/h3-11H,1-2H3,(H,19,20)(H,21,22);4-7H,1-3H3;1-4H,(H,9,10)(H,11,12);1-4H3. The van der Waals surface area contributed by atoms with Gasteiger partial charge in [0.05, 0.1) is 17.0 Å². The predicted molar refractivity (Wildman–Crippen MR) is 225 cm³/mol. The molecular formula is C42H48ClN9O3. The summed E-state index contributed by atoms with van der Waals surface area (Å²) in [5.41, 5.74) is 10.0. The lowest BCUT2D eigenvalue weighted by Gasteiger charge is -2.12. The second-order valence-electron chi connectivity index (χ2n) is 13.4. The van der Waals surface area contributed by atoms with Crippen LogP contribution in [0, 0.1) is 0 Å². The zero-order valence-electron chi connectivity index (χ0n) is 32.6. The maximum Gasteiger partial charge on any atom is 0.337 e. The van der Waals surface area contributed by atoms with Gasteiger partial charge in [-0.05, 0) is 98.6 Å². The second kappa shape index (κ2) is 19.1. The summed E-state index contributed by atoms with van der Waals surface area (Å²) in [4.78, 5) is 41.7. The minimum Gasteiger partial charge on any atom is -0.478 e. The fraction of sp³-hybridized carbons (Fsp3) is 0.214. The highest BCUT2D eigenvalue weighted by molar-refractivity contribution is 6.29. The first-order valence-corrected chi connectivity index (χ1v) is 17.7. The molecule has 0 aliphatic heterocycles. The largest absolute Gasteiger partial charge is 0.478 e. The molecule has 5 heterocycles. The average molecular weight is 762 g/mol. The van der Waals surface area contributed by atoms with Crippen LogP contribution in [0.3, 0.4) is 0 Å². The van der Waals surface area contributed by atoms with E-state index >= 15 is 0 Å². The van der Waals surface area contributed by atoms with E-state index in [-0.39, 0.29) is 11.3 Å². The van der Waals surface area contributed by atoms with Crippen molar-refractivity contribution < 1.29 is 14.7 Å². The van der Waals surface area contributed by atoms with Crippen molar-refractivity contribution in [3.63, 3.8) is 0 Å². The summed E-state index contributed by atoms with van der Waals surface area (Å²) >= 11 is 5.76. The SMILES string of the molecule is CC(=O)c1ccc(N(C)C)cc1.CC(C)=C(Cl)N(C)C.CN(C)c1ccc(-c2cc(-c3cnc4[nH]ccc4c3)n[nH]2)cc1.O=C(O)c1cnc2[nH]ccc2c1. The van der Waals surface area contributed by atoms with Gasteiger partial charge in [-0.25, -0.2) is 14.8 Å². The first-order valence-electron chi connectivity index (χ1n) is 17.4. The second-order valence-corrected chi connectivity index (χ2v) is 13.7. The first kappa shape index (κ1) is 41.4. The van der Waals surface area contributed by atoms with Gasteiger partial charge in [0.2, 0.25) is 0 Å². The number of hydrogen-bond donors (Lipinski definition) is 4. The van der Waals surface area contributed by atoms with Crippen LogP contribution in [-0.2, 0) is 0 Å². The number of allylic oxidation sites excluding steroid dienone is 1. The van der Waals surface area contributed by atoms with Gasteiger partial charge in [-0.3, -0.25) is 9.89 Å². The molecule has 2 aromatic carbocycles. The van der Waals surface area contributed by atoms with Crippen molar-refractivity contribution in [2.45, 2.75) is 20.8 Å². The van der Waals surface area contributed by atoms with Crippen LogP contribution in [0.4, 0.5) is 11.4 Å². The number of benzene rings is 2. The number of carbonyl (C=O) groups is 2. The minimum absolute atomic E-state index is 0.111. The maximum absolute atomic E-state index is 10.9. The van der Waals surface area contributed by atoms with Gasteiger partial charge in [0.1, 0.15) is 16.5 Å². The number of hydrogen-bond acceptors (Lipinski definition) is 8. The molecular weight excluding hydrogens is 714 g/mol. The highest BCUT2D eigenvalue weighted by Crippen LogP contribution is 2.26. The number of rotatable bonds is 7. The minimum atomic E-state index is -0.953. The van der Waals surface area contributed by atoms with Crippen molar-refractivity contribution in [3.8, 4) is 22.5 Å². The topological polar surface area (TPSA) is 150 Å². The van der Waals surface area contributed by atoms with E-state index in [2.05, 4.69) is 71.4 Å². The highest BCUT2D eigenvalue weighted by atomic mass is 35.5. The molecule has 5 aromatic heterocycles. The van der Waals surface area contributed by atoms with E-state index in [1.807, 2.05) is 109 Å². The normalized spacial score (nSPS) is 10.2. The number of nitrogens with zero attached hydrogens (tertiary/aromatic N) is 6. The summed E-state index contributed by atoms with van der Waals surface area (Å²) < 4.78 is 0. The average Bonchev–Trinajstić information content (AvgIpc) is 3.96. The summed E-state index contributed by atoms with van der Waals surface area (Å²) in [6.45, 7) is 5.55. The summed E-state index contributed by atoms with van der Waals surface area (Å²) in [5.74, 6) is -0.842. The third-order valence-electron chi connectivity index (χ3n) is 8.21. The predicted octanol–water partition coefficient (Wildman–Crippen LogP) is 8.94. The summed E-state index contributed by atoms with van der Waals surface area (Å²) in [6.07, 6.45) is 6.79. The molecule has 0 atom stereocenters. The fourth-order valence-corrected chi connectivity index (χ4v) is 5.13. The van der Waals surface area contributed by atoms with Gasteiger partial charge in [-0.1, -0.05) is 23.7 Å². The molecule has 0 spiro atoms. The fourth-order valence-electron chi connectivity index (χ4n) is 5.13. The Bertz CT molecular complexity index is 2350. The number of Topliss-reactive ketones (excluding diaryl/α,β-unsaturated/α-hetero) is 1. The van der Waals surface area contributed by atoms with Crippen LogP contribution in [0.15, 0.2) is 114 Å². The highest BCUT2D eigenvalue weighted by Gasteiger charge is 2.09. The third kappa shape index (κ3) is 11.5. The molecule has 0 aliphatic rings. The summed E-state index contributed by atoms with van der Waals surface area (Å²) in [5, 5.41) is 18.9. The van der Waals surface area contributed by atoms with E-state index in [9.17, 15) is 9.59 Å². The van der Waals surface area contributed by atoms with Gasteiger partial charge in [0.25, 0.3) is 0 Å². The molecule has 0 fully saturated rings. The van der Waals surface area contributed by atoms with E-state index in [4.69, 9.17) is 16.7 Å². The lowest BCUT2D eigenvalue weighted by Crippen LogP contribution is -2.08. The maximum atomic E-state index is 10.9. The Morgan fingerprint density at radius 2 is 1.18 bits per heavy atom. The van der Waals surface area contributed by atoms with E-state index < -0.39 is 5.97 Å². The number of anilines is 2. The molecule has 0 aliphatic carbocycles. The van der Waals surface area contributed by atoms with Crippen LogP contribution in [0.25, 0.3) is 44.6 Å². The molecule has 0 unspecified atom stereocenters. The van der Waals surface area contributed by atoms with Crippen molar-refractivity contribution in [3.05, 3.63) is 126 Å². The number of pyridine rings is 2. The number of carboxylic acids is 1. The molecule has 0 saturated carbocycles. The third-order valence-corrected chi connectivity index (χ3v) is 8.93. The molecule has 0 bridgehead atoms. The van der Waals surface area contributed by atoms with Crippen LogP contribution in [0.5, 0.6) is 0 Å². The monoisotopic (exact) mass is 761 g/mol. The lowest BCUT2D eigenvalue weighted by molar-refractivity contribution is 0.0696. The number of aromatic nitrogens is 6. The Hall–Kier alpha value is -6.40. The van der Waals surface area contributed by atoms with Crippen molar-refractivity contribution in [1.82, 2.24) is 35.0 Å². The first-order chi connectivity index (χ1) is 26.1. The van der Waals surface area contributed by atoms with Gasteiger partial charge < -0.3 is 29.8 Å². The van der Waals surface area contributed by atoms with E-state index in [1.54, 1.807) is 25.3 Å². The van der Waals surface area contributed by atoms with Crippen LogP contribution in [0.1, 0.15) is 41.5 Å². The van der Waals surface area contributed by atoms with Gasteiger partial charge in [-0.15, -0.1) is 0 Å². The lowest BCUT2D eigenvalue weighted by atomic mass is 10.1. The summed E-state index contributed by atoms with van der Waals surface area (Å²) in [6, 6.07) is 25.5. The van der Waals surface area contributed by atoms with Crippen LogP contribution in [0.2, 0.25) is 0 Å². The van der Waals surface area contributed by atoms with Gasteiger partial charge in [0, 0.05) is 100 Å². The van der Waals surface area contributed by atoms with Crippen LogP contribution >= 0.6 is 11.6 Å². The van der Waals surface area contributed by atoms with Crippen LogP contribution < -0.4 is 9.80 Å². The van der Waals surface area contributed by atoms with E-state index in [1.165, 1.54) is 11.9 Å². The number of carboxylic acid groups (broad SMARTS) is 1. The number of fused-ring (bicyclic) bond motifs is 2. The zero-order valence-corrected chi connectivity index (χ0v) is 33.4. The molecule has 286 valence electrons. The van der Waals surface area contributed by atoms with Gasteiger partial charge in [0.15, 0.2) is 5.78 Å². The number of aromatic amines is 3. The quantitative estimate of drug-likeness (QED) is 0.0922. The zero-order chi connectivity index (χ0) is 40.2.